The van der Waals surface area contributed by atoms with Crippen LogP contribution in [-0.2, 0) is 16.1 Å². The minimum Gasteiger partial charge on any atom is -0.507 e. The second kappa shape index (κ2) is 6.92. The van der Waals surface area contributed by atoms with Crippen LogP contribution in [0.15, 0.2) is 83.2 Å². The Balaban J connectivity index is 1.86. The van der Waals surface area contributed by atoms with Crippen molar-refractivity contribution in [2.24, 2.45) is 0 Å². The lowest BCUT2D eigenvalue weighted by molar-refractivity contribution is -0.140. The molecule has 0 radical (unpaired) electrons. The zero-order valence-electron chi connectivity index (χ0n) is 14.3. The van der Waals surface area contributed by atoms with Crippen LogP contribution < -0.4 is 0 Å². The van der Waals surface area contributed by atoms with Crippen LogP contribution in [0.2, 0.25) is 0 Å². The molecule has 1 saturated heterocycles. The number of carbonyl (C=O) groups excluding carboxylic acids is 2. The maximum Gasteiger partial charge on any atom is 0.296 e. The zero-order valence-corrected chi connectivity index (χ0v) is 14.3. The Morgan fingerprint density at radius 2 is 1.78 bits per heavy atom. The smallest absolute Gasteiger partial charge is 0.296 e. The Morgan fingerprint density at radius 1 is 1.04 bits per heavy atom. The van der Waals surface area contributed by atoms with Gasteiger partial charge in [0, 0.05) is 18.0 Å². The van der Waals surface area contributed by atoms with Gasteiger partial charge in [0.15, 0.2) is 0 Å². The number of hydrogen-bond donors (Lipinski definition) is 1. The average Bonchev–Trinajstić information content (AvgIpc) is 3.31. The van der Waals surface area contributed by atoms with Gasteiger partial charge in [-0.05, 0) is 29.8 Å². The van der Waals surface area contributed by atoms with E-state index in [-0.39, 0.29) is 17.9 Å². The van der Waals surface area contributed by atoms with Crippen molar-refractivity contribution >= 4 is 17.4 Å². The number of Topliss-reactive ketones (excluding diaryl/α,β-unsaturated/α-hetero) is 1. The van der Waals surface area contributed by atoms with Crippen molar-refractivity contribution < 1.29 is 19.1 Å². The molecule has 1 aliphatic heterocycles. The fourth-order valence-corrected chi connectivity index (χ4v) is 3.26. The largest absolute Gasteiger partial charge is 0.507 e. The molecule has 1 amide bonds. The summed E-state index contributed by atoms with van der Waals surface area (Å²) in [5, 5.41) is 10.8. The molecule has 134 valence electrons. The van der Waals surface area contributed by atoms with Gasteiger partial charge < -0.3 is 14.4 Å². The monoisotopic (exact) mass is 360 g/mol. The van der Waals surface area contributed by atoms with Crippen LogP contribution in [0, 0.1) is 0 Å². The summed E-state index contributed by atoms with van der Waals surface area (Å²) in [4.78, 5) is 30.9. The number of aliphatic hydroxyl groups excluding tert-OH is 1. The van der Waals surface area contributed by atoms with Crippen LogP contribution in [0.25, 0.3) is 5.76 Å². The predicted octanol–water partition coefficient (Wildman–Crippen LogP) is 3.30. The molecule has 4 rings (SSSR count). The molecule has 1 atom stereocenters. The van der Waals surface area contributed by atoms with E-state index < -0.39 is 17.7 Å². The van der Waals surface area contributed by atoms with Crippen molar-refractivity contribution in [1.82, 2.24) is 9.88 Å². The second-order valence-corrected chi connectivity index (χ2v) is 6.15. The normalized spacial score (nSPS) is 18.8. The summed E-state index contributed by atoms with van der Waals surface area (Å²) in [5.41, 5.74) is 1.23. The molecule has 1 aromatic carbocycles. The molecule has 3 aromatic rings. The Morgan fingerprint density at radius 3 is 2.44 bits per heavy atom. The van der Waals surface area contributed by atoms with Gasteiger partial charge in [0.25, 0.3) is 11.7 Å². The third-order valence-electron chi connectivity index (χ3n) is 4.52. The van der Waals surface area contributed by atoms with Gasteiger partial charge in [-0.3, -0.25) is 14.6 Å². The second-order valence-electron chi connectivity index (χ2n) is 6.15. The Hall–Kier alpha value is -3.67. The minimum absolute atomic E-state index is 0.0592. The number of nitrogens with zero attached hydrogens (tertiary/aromatic N) is 2. The Kier molecular flexibility index (Phi) is 4.30. The van der Waals surface area contributed by atoms with E-state index in [4.69, 9.17) is 4.42 Å². The number of pyridine rings is 1. The molecule has 0 saturated carbocycles. The molecule has 1 aliphatic rings. The van der Waals surface area contributed by atoms with Crippen LogP contribution in [0.1, 0.15) is 22.9 Å². The highest BCUT2D eigenvalue weighted by Crippen LogP contribution is 2.40. The SMILES string of the molecule is O=C1C(=O)N(Cc2ccco2)C(c2ccccc2)C1=C(O)c1ccncc1. The lowest BCUT2D eigenvalue weighted by Crippen LogP contribution is -2.29. The number of ketones is 1. The van der Waals surface area contributed by atoms with Crippen LogP contribution in [-0.4, -0.2) is 26.7 Å². The molecule has 0 spiro atoms. The molecular formula is C21H16N2O4. The zero-order chi connectivity index (χ0) is 18.8. The third-order valence-corrected chi connectivity index (χ3v) is 4.52. The maximum absolute atomic E-state index is 12.8. The first kappa shape index (κ1) is 16.8. The lowest BCUT2D eigenvalue weighted by Gasteiger charge is -2.24. The molecule has 6 nitrogen and oxygen atoms in total. The Labute approximate surface area is 155 Å². The van der Waals surface area contributed by atoms with E-state index in [1.807, 2.05) is 30.3 Å². The van der Waals surface area contributed by atoms with Crippen molar-refractivity contribution in [3.63, 3.8) is 0 Å². The van der Waals surface area contributed by atoms with Crippen molar-refractivity contribution in [2.75, 3.05) is 0 Å². The van der Waals surface area contributed by atoms with Gasteiger partial charge in [0.1, 0.15) is 11.5 Å². The summed E-state index contributed by atoms with van der Waals surface area (Å²) in [6.07, 6.45) is 4.55. The standard InChI is InChI=1S/C21H16N2O4/c24-19(15-8-10-22-11-9-15)17-18(14-5-2-1-3-6-14)23(21(26)20(17)25)13-16-7-4-12-27-16/h1-12,18,24H,13H2. The fourth-order valence-electron chi connectivity index (χ4n) is 3.26. The van der Waals surface area contributed by atoms with E-state index in [0.29, 0.717) is 11.3 Å². The highest BCUT2D eigenvalue weighted by Gasteiger charge is 2.46. The lowest BCUT2D eigenvalue weighted by atomic mass is 9.95. The average molecular weight is 360 g/mol. The van der Waals surface area contributed by atoms with Gasteiger partial charge in [-0.25, -0.2) is 0 Å². The number of amides is 1. The van der Waals surface area contributed by atoms with E-state index in [1.165, 1.54) is 23.6 Å². The van der Waals surface area contributed by atoms with Crippen molar-refractivity contribution in [3.05, 3.63) is 95.7 Å². The van der Waals surface area contributed by atoms with Gasteiger partial charge in [0.2, 0.25) is 0 Å². The number of aromatic nitrogens is 1. The molecule has 1 fully saturated rings. The summed E-state index contributed by atoms with van der Waals surface area (Å²) in [6, 6.07) is 15.1. The summed E-state index contributed by atoms with van der Waals surface area (Å²) in [7, 11) is 0. The number of carbonyl (C=O) groups is 2. The number of aliphatic hydroxyl groups is 1. The fraction of sp³-hybridized carbons (Fsp3) is 0.0952. The van der Waals surface area contributed by atoms with Crippen molar-refractivity contribution in [3.8, 4) is 0 Å². The van der Waals surface area contributed by atoms with E-state index in [2.05, 4.69) is 4.98 Å². The molecular weight excluding hydrogens is 344 g/mol. The number of benzene rings is 1. The first-order chi connectivity index (χ1) is 13.2. The number of furan rings is 1. The highest BCUT2D eigenvalue weighted by atomic mass is 16.3. The van der Waals surface area contributed by atoms with Crippen molar-refractivity contribution in [1.29, 1.82) is 0 Å². The quantitative estimate of drug-likeness (QED) is 0.438. The van der Waals surface area contributed by atoms with E-state index >= 15 is 0 Å². The van der Waals surface area contributed by atoms with Crippen LogP contribution >= 0.6 is 0 Å². The van der Waals surface area contributed by atoms with Crippen LogP contribution in [0.3, 0.4) is 0 Å². The van der Waals surface area contributed by atoms with Gasteiger partial charge in [-0.1, -0.05) is 30.3 Å². The molecule has 0 aliphatic carbocycles. The predicted molar refractivity (Wildman–Crippen MR) is 97.2 cm³/mol. The minimum atomic E-state index is -0.718. The molecule has 27 heavy (non-hydrogen) atoms. The molecule has 2 aromatic heterocycles. The van der Waals surface area contributed by atoms with Crippen LogP contribution in [0.4, 0.5) is 0 Å². The molecule has 6 heteroatoms. The van der Waals surface area contributed by atoms with Crippen LogP contribution in [0.5, 0.6) is 0 Å². The van der Waals surface area contributed by atoms with Gasteiger partial charge in [-0.2, -0.15) is 0 Å². The molecule has 1 N–H and O–H groups in total. The van der Waals surface area contributed by atoms with E-state index in [1.54, 1.807) is 24.3 Å². The Bertz CT molecular complexity index is 995. The summed E-state index contributed by atoms with van der Waals surface area (Å²) < 4.78 is 5.35. The topological polar surface area (TPSA) is 83.6 Å². The van der Waals surface area contributed by atoms with Gasteiger partial charge in [0.05, 0.1) is 24.4 Å². The first-order valence-electron chi connectivity index (χ1n) is 8.43. The van der Waals surface area contributed by atoms with Crippen molar-refractivity contribution in [2.45, 2.75) is 12.6 Å². The third kappa shape index (κ3) is 3.01. The summed E-state index contributed by atoms with van der Waals surface area (Å²) >= 11 is 0. The molecule has 3 heterocycles. The number of hydrogen-bond acceptors (Lipinski definition) is 5. The molecule has 0 bridgehead atoms. The number of likely N-dealkylation sites (tertiary alicyclic amines) is 1. The first-order valence-corrected chi connectivity index (χ1v) is 8.43. The van der Waals surface area contributed by atoms with E-state index in [9.17, 15) is 14.7 Å². The summed E-state index contributed by atoms with van der Waals surface area (Å²) in [5.74, 6) is -1.05. The summed E-state index contributed by atoms with van der Waals surface area (Å²) in [6.45, 7) is 0.129. The van der Waals surface area contributed by atoms with Gasteiger partial charge in [-0.15, -0.1) is 0 Å². The number of rotatable bonds is 4. The van der Waals surface area contributed by atoms with E-state index in [0.717, 1.165) is 5.56 Å². The highest BCUT2D eigenvalue weighted by molar-refractivity contribution is 6.46. The molecule has 1 unspecified atom stereocenters. The van der Waals surface area contributed by atoms with Gasteiger partial charge >= 0.3 is 0 Å². The maximum atomic E-state index is 12.8.